The minimum atomic E-state index is -0.600. The van der Waals surface area contributed by atoms with Gasteiger partial charge in [0.2, 0.25) is 0 Å². The standard InChI is InChI=1S/C15H20N2O4/c1-9-5-10(2)7-12(6-9)21-15(18)11-3-4-13(16)14(8-11)17(19)20/h3-4,8-10,12H,5-7,16H2,1-2H3. The van der Waals surface area contributed by atoms with Crippen LogP contribution in [-0.4, -0.2) is 17.0 Å². The minimum absolute atomic E-state index is 0.0384. The fourth-order valence-corrected chi connectivity index (χ4v) is 3.02. The van der Waals surface area contributed by atoms with Gasteiger partial charge in [-0.2, -0.15) is 0 Å². The smallest absolute Gasteiger partial charge is 0.338 e. The zero-order valence-corrected chi connectivity index (χ0v) is 12.2. The average Bonchev–Trinajstić information content (AvgIpc) is 2.37. The first-order valence-electron chi connectivity index (χ1n) is 7.11. The molecule has 6 nitrogen and oxygen atoms in total. The van der Waals surface area contributed by atoms with Gasteiger partial charge in [-0.1, -0.05) is 13.8 Å². The SMILES string of the molecule is CC1CC(C)CC(OC(=O)c2ccc(N)c([N+](=O)[O-])c2)C1. The van der Waals surface area contributed by atoms with Crippen LogP contribution in [0.5, 0.6) is 0 Å². The van der Waals surface area contributed by atoms with Gasteiger partial charge in [-0.3, -0.25) is 10.1 Å². The molecule has 21 heavy (non-hydrogen) atoms. The molecule has 0 saturated heterocycles. The number of ether oxygens (including phenoxy) is 1. The number of anilines is 1. The molecule has 0 aliphatic heterocycles. The van der Waals surface area contributed by atoms with Gasteiger partial charge in [0.05, 0.1) is 10.5 Å². The Labute approximate surface area is 123 Å². The highest BCUT2D eigenvalue weighted by Crippen LogP contribution is 2.31. The number of nitro groups is 1. The summed E-state index contributed by atoms with van der Waals surface area (Å²) in [5.74, 6) is 0.518. The summed E-state index contributed by atoms with van der Waals surface area (Å²) >= 11 is 0. The number of esters is 1. The van der Waals surface area contributed by atoms with Gasteiger partial charge < -0.3 is 10.5 Å². The largest absolute Gasteiger partial charge is 0.459 e. The maximum atomic E-state index is 12.1. The summed E-state index contributed by atoms with van der Waals surface area (Å²) < 4.78 is 5.49. The van der Waals surface area contributed by atoms with E-state index in [9.17, 15) is 14.9 Å². The summed E-state index contributed by atoms with van der Waals surface area (Å²) in [5, 5.41) is 10.8. The maximum Gasteiger partial charge on any atom is 0.338 e. The highest BCUT2D eigenvalue weighted by molar-refractivity contribution is 5.91. The van der Waals surface area contributed by atoms with Gasteiger partial charge >= 0.3 is 5.97 Å². The average molecular weight is 292 g/mol. The highest BCUT2D eigenvalue weighted by Gasteiger charge is 2.27. The lowest BCUT2D eigenvalue weighted by Gasteiger charge is -2.31. The van der Waals surface area contributed by atoms with Crippen molar-refractivity contribution in [1.82, 2.24) is 0 Å². The number of hydrogen-bond acceptors (Lipinski definition) is 5. The van der Waals surface area contributed by atoms with Crippen LogP contribution in [0.25, 0.3) is 0 Å². The molecular weight excluding hydrogens is 272 g/mol. The number of nitro benzene ring substituents is 1. The summed E-state index contributed by atoms with van der Waals surface area (Å²) in [4.78, 5) is 22.4. The first-order valence-corrected chi connectivity index (χ1v) is 7.11. The Hall–Kier alpha value is -2.11. The van der Waals surface area contributed by atoms with Gasteiger partial charge in [0.15, 0.2) is 0 Å². The Morgan fingerprint density at radius 2 is 1.90 bits per heavy atom. The van der Waals surface area contributed by atoms with Crippen LogP contribution in [0.4, 0.5) is 11.4 Å². The van der Waals surface area contributed by atoms with Gasteiger partial charge in [-0.15, -0.1) is 0 Å². The van der Waals surface area contributed by atoms with Crippen LogP contribution >= 0.6 is 0 Å². The molecule has 1 fully saturated rings. The molecule has 1 aliphatic rings. The number of carbonyl (C=O) groups excluding carboxylic acids is 1. The fraction of sp³-hybridized carbons (Fsp3) is 0.533. The van der Waals surface area contributed by atoms with Crippen molar-refractivity contribution >= 4 is 17.3 Å². The van der Waals surface area contributed by atoms with Crippen molar-refractivity contribution in [3.05, 3.63) is 33.9 Å². The fourth-order valence-electron chi connectivity index (χ4n) is 3.02. The Bertz CT molecular complexity index is 549. The van der Waals surface area contributed by atoms with E-state index in [-0.39, 0.29) is 23.0 Å². The number of rotatable bonds is 3. The van der Waals surface area contributed by atoms with Crippen LogP contribution in [0.15, 0.2) is 18.2 Å². The van der Waals surface area contributed by atoms with Crippen molar-refractivity contribution in [3.8, 4) is 0 Å². The van der Waals surface area contributed by atoms with E-state index in [0.29, 0.717) is 11.8 Å². The van der Waals surface area contributed by atoms with Crippen molar-refractivity contribution in [2.45, 2.75) is 39.2 Å². The normalized spacial score (nSPS) is 25.3. The molecule has 6 heteroatoms. The quantitative estimate of drug-likeness (QED) is 0.399. The van der Waals surface area contributed by atoms with Crippen LogP contribution in [0.1, 0.15) is 43.5 Å². The van der Waals surface area contributed by atoms with Crippen molar-refractivity contribution in [3.63, 3.8) is 0 Å². The van der Waals surface area contributed by atoms with Gasteiger partial charge in [0, 0.05) is 6.07 Å². The van der Waals surface area contributed by atoms with Crippen molar-refractivity contribution in [1.29, 1.82) is 0 Å². The van der Waals surface area contributed by atoms with E-state index in [0.717, 1.165) is 19.3 Å². The summed E-state index contributed by atoms with van der Waals surface area (Å²) in [7, 11) is 0. The molecular formula is C15H20N2O4. The van der Waals surface area contributed by atoms with E-state index >= 15 is 0 Å². The molecule has 1 aromatic rings. The third-order valence-corrected chi connectivity index (χ3v) is 3.87. The molecule has 114 valence electrons. The molecule has 2 N–H and O–H groups in total. The third-order valence-electron chi connectivity index (χ3n) is 3.87. The van der Waals surface area contributed by atoms with Crippen molar-refractivity contribution in [2.75, 3.05) is 5.73 Å². The molecule has 2 rings (SSSR count). The van der Waals surface area contributed by atoms with Crippen molar-refractivity contribution < 1.29 is 14.5 Å². The number of hydrogen-bond donors (Lipinski definition) is 1. The molecule has 0 bridgehead atoms. The molecule has 0 spiro atoms. The zero-order valence-electron chi connectivity index (χ0n) is 12.2. The Balaban J connectivity index is 2.10. The number of carbonyl (C=O) groups is 1. The Morgan fingerprint density at radius 3 is 2.48 bits per heavy atom. The van der Waals surface area contributed by atoms with E-state index in [1.165, 1.54) is 18.2 Å². The number of nitrogens with two attached hydrogens (primary N) is 1. The Kier molecular flexibility index (Phi) is 4.45. The molecule has 1 aliphatic carbocycles. The maximum absolute atomic E-state index is 12.1. The molecule has 0 amide bonds. The highest BCUT2D eigenvalue weighted by atomic mass is 16.6. The van der Waals surface area contributed by atoms with E-state index in [1.54, 1.807) is 0 Å². The molecule has 1 aromatic carbocycles. The second-order valence-corrected chi connectivity index (χ2v) is 5.98. The molecule has 0 radical (unpaired) electrons. The number of nitrogens with zero attached hydrogens (tertiary/aromatic N) is 1. The summed E-state index contributed by atoms with van der Waals surface area (Å²) in [6, 6.07) is 3.99. The summed E-state index contributed by atoms with van der Waals surface area (Å²) in [6.45, 7) is 4.29. The van der Waals surface area contributed by atoms with Crippen LogP contribution < -0.4 is 5.73 Å². The first kappa shape index (κ1) is 15.3. The van der Waals surface area contributed by atoms with E-state index in [4.69, 9.17) is 10.5 Å². The molecule has 0 aromatic heterocycles. The molecule has 2 unspecified atom stereocenters. The summed E-state index contributed by atoms with van der Waals surface area (Å²) in [6.07, 6.45) is 2.70. The van der Waals surface area contributed by atoms with Gasteiger partial charge in [0.25, 0.3) is 5.69 Å². The van der Waals surface area contributed by atoms with Crippen LogP contribution in [0, 0.1) is 22.0 Å². The monoisotopic (exact) mass is 292 g/mol. The minimum Gasteiger partial charge on any atom is -0.459 e. The third kappa shape index (κ3) is 3.71. The molecule has 2 atom stereocenters. The van der Waals surface area contributed by atoms with Crippen molar-refractivity contribution in [2.24, 2.45) is 11.8 Å². The van der Waals surface area contributed by atoms with E-state index < -0.39 is 10.9 Å². The Morgan fingerprint density at radius 1 is 1.29 bits per heavy atom. The van der Waals surface area contributed by atoms with Gasteiger partial charge in [-0.05, 0) is 43.2 Å². The lowest BCUT2D eigenvalue weighted by Crippen LogP contribution is -2.28. The lowest BCUT2D eigenvalue weighted by molar-refractivity contribution is -0.383. The van der Waals surface area contributed by atoms with E-state index in [2.05, 4.69) is 13.8 Å². The van der Waals surface area contributed by atoms with E-state index in [1.807, 2.05) is 0 Å². The lowest BCUT2D eigenvalue weighted by atomic mass is 9.82. The van der Waals surface area contributed by atoms with Crippen LogP contribution in [0.3, 0.4) is 0 Å². The molecule has 1 saturated carbocycles. The predicted molar refractivity (Wildman–Crippen MR) is 78.9 cm³/mol. The van der Waals surface area contributed by atoms with Gasteiger partial charge in [-0.25, -0.2) is 4.79 Å². The molecule has 0 heterocycles. The number of nitrogen functional groups attached to an aromatic ring is 1. The topological polar surface area (TPSA) is 95.5 Å². The van der Waals surface area contributed by atoms with Crippen LogP contribution in [-0.2, 0) is 4.74 Å². The second kappa shape index (κ2) is 6.11. The van der Waals surface area contributed by atoms with Crippen LogP contribution in [0.2, 0.25) is 0 Å². The number of benzene rings is 1. The predicted octanol–water partition coefficient (Wildman–Crippen LogP) is 3.16. The summed E-state index contributed by atoms with van der Waals surface area (Å²) in [5.41, 5.74) is 5.46. The first-order chi connectivity index (χ1) is 9.86. The zero-order chi connectivity index (χ0) is 15.6. The second-order valence-electron chi connectivity index (χ2n) is 5.98. The van der Waals surface area contributed by atoms with Gasteiger partial charge in [0.1, 0.15) is 11.8 Å².